The predicted octanol–water partition coefficient (Wildman–Crippen LogP) is 3.65. The Morgan fingerprint density at radius 1 is 1.25 bits per heavy atom. The number of aromatic nitrogens is 3. The number of nitrogen functional groups attached to an aromatic ring is 1. The fourth-order valence-electron chi connectivity index (χ4n) is 3.64. The number of carbonyl (C=O) groups excluding carboxylic acids is 2. The average molecular weight is 476 g/mol. The average Bonchev–Trinajstić information content (AvgIpc) is 3.22. The number of methoxy groups -OCH3 is 1. The Bertz CT molecular complexity index is 1160. The standard InChI is InChI=1S/C21H22FN5O3S2/c1-30-20(29)17-13-8-3-2-4-10-15(13)32-19(17)24-16(28)11-31-21-26-25-18(27(21)23)12-7-5-6-9-14(12)22/h5-7,9H,2-4,8,10-11,23H2,1H3,(H,24,28). The lowest BCUT2D eigenvalue weighted by Crippen LogP contribution is -2.18. The summed E-state index contributed by atoms with van der Waals surface area (Å²) >= 11 is 2.51. The lowest BCUT2D eigenvalue weighted by Gasteiger charge is -2.07. The predicted molar refractivity (Wildman–Crippen MR) is 122 cm³/mol. The van der Waals surface area contributed by atoms with Gasteiger partial charge in [-0.25, -0.2) is 13.9 Å². The molecule has 0 bridgehead atoms. The zero-order valence-corrected chi connectivity index (χ0v) is 19.0. The number of benzene rings is 1. The van der Waals surface area contributed by atoms with Gasteiger partial charge < -0.3 is 15.9 Å². The number of rotatable bonds is 6. The van der Waals surface area contributed by atoms with Crippen molar-refractivity contribution in [3.05, 3.63) is 46.1 Å². The van der Waals surface area contributed by atoms with Crippen molar-refractivity contribution in [1.29, 1.82) is 0 Å². The number of thiophene rings is 1. The van der Waals surface area contributed by atoms with Crippen molar-refractivity contribution in [3.8, 4) is 11.4 Å². The van der Waals surface area contributed by atoms with Crippen LogP contribution in [0, 0.1) is 5.82 Å². The molecule has 0 atom stereocenters. The Balaban J connectivity index is 1.47. The highest BCUT2D eigenvalue weighted by Crippen LogP contribution is 2.38. The number of amides is 1. The molecule has 2 aromatic heterocycles. The molecule has 1 aromatic carbocycles. The van der Waals surface area contributed by atoms with Crippen LogP contribution in [0.4, 0.5) is 9.39 Å². The zero-order chi connectivity index (χ0) is 22.7. The minimum Gasteiger partial charge on any atom is -0.465 e. The molecule has 0 aliphatic heterocycles. The second kappa shape index (κ2) is 9.70. The van der Waals surface area contributed by atoms with Crippen molar-refractivity contribution in [3.63, 3.8) is 0 Å². The number of hydrogen-bond donors (Lipinski definition) is 2. The van der Waals surface area contributed by atoms with E-state index in [1.165, 1.54) is 24.5 Å². The topological polar surface area (TPSA) is 112 Å². The second-order valence-corrected chi connectivity index (χ2v) is 9.30. The van der Waals surface area contributed by atoms with Crippen LogP contribution in [-0.4, -0.2) is 39.6 Å². The summed E-state index contributed by atoms with van der Waals surface area (Å²) in [4.78, 5) is 26.2. The van der Waals surface area contributed by atoms with Gasteiger partial charge in [-0.05, 0) is 43.4 Å². The number of aryl methyl sites for hydroxylation is 1. The van der Waals surface area contributed by atoms with Gasteiger partial charge in [0.05, 0.1) is 24.0 Å². The maximum atomic E-state index is 14.0. The van der Waals surface area contributed by atoms with Crippen molar-refractivity contribution >= 4 is 40.0 Å². The summed E-state index contributed by atoms with van der Waals surface area (Å²) in [6.45, 7) is 0. The first-order chi connectivity index (χ1) is 15.5. The fraction of sp³-hybridized carbons (Fsp3) is 0.333. The third-order valence-electron chi connectivity index (χ3n) is 5.18. The van der Waals surface area contributed by atoms with Gasteiger partial charge in [0, 0.05) is 4.88 Å². The molecular weight excluding hydrogens is 453 g/mol. The summed E-state index contributed by atoms with van der Waals surface area (Å²) in [7, 11) is 1.34. The molecule has 2 heterocycles. The molecule has 0 saturated carbocycles. The Morgan fingerprint density at radius 2 is 2.03 bits per heavy atom. The van der Waals surface area contributed by atoms with Gasteiger partial charge in [-0.1, -0.05) is 30.3 Å². The van der Waals surface area contributed by atoms with E-state index in [2.05, 4.69) is 15.5 Å². The minimum atomic E-state index is -0.464. The Morgan fingerprint density at radius 3 is 2.81 bits per heavy atom. The number of fused-ring (bicyclic) bond motifs is 1. The molecule has 32 heavy (non-hydrogen) atoms. The Kier molecular flexibility index (Phi) is 6.75. The largest absolute Gasteiger partial charge is 0.465 e. The van der Waals surface area contributed by atoms with E-state index in [1.54, 1.807) is 18.2 Å². The molecule has 11 heteroatoms. The number of thioether (sulfide) groups is 1. The minimum absolute atomic E-state index is 0.00418. The van der Waals surface area contributed by atoms with Crippen molar-refractivity contribution in [1.82, 2.24) is 14.9 Å². The molecule has 0 unspecified atom stereocenters. The highest BCUT2D eigenvalue weighted by Gasteiger charge is 2.26. The third-order valence-corrected chi connectivity index (χ3v) is 7.33. The van der Waals surface area contributed by atoms with Gasteiger partial charge in [0.2, 0.25) is 11.1 Å². The lowest BCUT2D eigenvalue weighted by molar-refractivity contribution is -0.113. The number of halogens is 1. The molecule has 4 rings (SSSR count). The first-order valence-electron chi connectivity index (χ1n) is 10.1. The van der Waals surface area contributed by atoms with Gasteiger partial charge >= 0.3 is 5.97 Å². The number of hydrogen-bond acceptors (Lipinski definition) is 8. The van der Waals surface area contributed by atoms with Gasteiger partial charge in [-0.15, -0.1) is 21.5 Å². The molecule has 3 aromatic rings. The molecule has 1 aliphatic carbocycles. The van der Waals surface area contributed by atoms with Crippen LogP contribution in [-0.2, 0) is 22.4 Å². The first kappa shape index (κ1) is 22.3. The third kappa shape index (κ3) is 4.49. The molecule has 3 N–H and O–H groups in total. The van der Waals surface area contributed by atoms with E-state index in [9.17, 15) is 14.0 Å². The Labute approximate surface area is 192 Å². The maximum Gasteiger partial charge on any atom is 0.341 e. The number of nitrogens with one attached hydrogen (secondary N) is 1. The maximum absolute atomic E-state index is 14.0. The van der Waals surface area contributed by atoms with Crippen LogP contribution in [0.15, 0.2) is 29.4 Å². The van der Waals surface area contributed by atoms with E-state index in [0.29, 0.717) is 10.6 Å². The van der Waals surface area contributed by atoms with Crippen molar-refractivity contribution in [2.24, 2.45) is 0 Å². The molecule has 0 saturated heterocycles. The Hall–Kier alpha value is -2.92. The number of nitrogens with two attached hydrogens (primary N) is 1. The van der Waals surface area contributed by atoms with Gasteiger partial charge in [0.25, 0.3) is 0 Å². The normalized spacial score (nSPS) is 13.3. The number of anilines is 1. The molecule has 0 radical (unpaired) electrons. The SMILES string of the molecule is COC(=O)c1c(NC(=O)CSc2nnc(-c3ccccc3F)n2N)sc2c1CCCCC2. The van der Waals surface area contributed by atoms with E-state index < -0.39 is 11.8 Å². The van der Waals surface area contributed by atoms with Crippen LogP contribution in [0.25, 0.3) is 11.4 Å². The highest BCUT2D eigenvalue weighted by molar-refractivity contribution is 7.99. The number of carbonyl (C=O) groups is 2. The summed E-state index contributed by atoms with van der Waals surface area (Å²) in [5, 5.41) is 11.5. The van der Waals surface area contributed by atoms with Crippen molar-refractivity contribution in [2.75, 3.05) is 24.0 Å². The molecule has 1 aliphatic rings. The molecule has 8 nitrogen and oxygen atoms in total. The molecular formula is C21H22FN5O3S2. The molecule has 1 amide bonds. The van der Waals surface area contributed by atoms with Crippen LogP contribution in [0.1, 0.15) is 40.1 Å². The van der Waals surface area contributed by atoms with E-state index in [4.69, 9.17) is 10.6 Å². The number of ether oxygens (including phenoxy) is 1. The number of nitrogens with zero attached hydrogens (tertiary/aromatic N) is 3. The summed E-state index contributed by atoms with van der Waals surface area (Å²) in [6, 6.07) is 6.11. The zero-order valence-electron chi connectivity index (χ0n) is 17.4. The fourth-order valence-corrected chi connectivity index (χ4v) is 5.59. The van der Waals surface area contributed by atoms with Crippen LogP contribution in [0.2, 0.25) is 0 Å². The summed E-state index contributed by atoms with van der Waals surface area (Å²) in [5.74, 6) is 4.96. The first-order valence-corrected chi connectivity index (χ1v) is 11.9. The lowest BCUT2D eigenvalue weighted by atomic mass is 10.1. The smallest absolute Gasteiger partial charge is 0.341 e. The summed E-state index contributed by atoms with van der Waals surface area (Å²) < 4.78 is 20.2. The molecule has 0 spiro atoms. The summed E-state index contributed by atoms with van der Waals surface area (Å²) in [5.41, 5.74) is 1.66. The van der Waals surface area contributed by atoms with E-state index in [1.807, 2.05) is 0 Å². The van der Waals surface area contributed by atoms with E-state index in [-0.39, 0.29) is 28.2 Å². The highest BCUT2D eigenvalue weighted by atomic mass is 32.2. The molecule has 0 fully saturated rings. The quantitative estimate of drug-likeness (QED) is 0.242. The van der Waals surface area contributed by atoms with E-state index >= 15 is 0 Å². The van der Waals surface area contributed by atoms with Gasteiger partial charge in [0.15, 0.2) is 5.82 Å². The number of esters is 1. The van der Waals surface area contributed by atoms with Gasteiger partial charge in [0.1, 0.15) is 10.8 Å². The van der Waals surface area contributed by atoms with Crippen LogP contribution >= 0.6 is 23.1 Å². The van der Waals surface area contributed by atoms with Gasteiger partial charge in [-0.3, -0.25) is 4.79 Å². The van der Waals surface area contributed by atoms with E-state index in [0.717, 1.165) is 59.0 Å². The van der Waals surface area contributed by atoms with Crippen LogP contribution < -0.4 is 11.2 Å². The van der Waals surface area contributed by atoms with Crippen LogP contribution in [0.5, 0.6) is 0 Å². The molecule has 168 valence electrons. The monoisotopic (exact) mass is 475 g/mol. The summed E-state index contributed by atoms with van der Waals surface area (Å²) in [6.07, 6.45) is 4.88. The van der Waals surface area contributed by atoms with Crippen LogP contribution in [0.3, 0.4) is 0 Å². The van der Waals surface area contributed by atoms with Gasteiger partial charge in [-0.2, -0.15) is 0 Å². The van der Waals surface area contributed by atoms with Crippen molar-refractivity contribution in [2.45, 2.75) is 37.3 Å². The van der Waals surface area contributed by atoms with Crippen molar-refractivity contribution < 1.29 is 18.7 Å². The second-order valence-electron chi connectivity index (χ2n) is 7.25.